The van der Waals surface area contributed by atoms with E-state index < -0.39 is 0 Å². The van der Waals surface area contributed by atoms with Crippen molar-refractivity contribution in [2.45, 2.75) is 46.3 Å². The van der Waals surface area contributed by atoms with Gasteiger partial charge in [0.1, 0.15) is 24.0 Å². The molecule has 0 fully saturated rings. The number of benzene rings is 1. The monoisotopic (exact) mass is 358 g/mol. The second kappa shape index (κ2) is 11.1. The van der Waals surface area contributed by atoms with Gasteiger partial charge in [-0.1, -0.05) is 32.0 Å². The smallest absolute Gasteiger partial charge is 0.191 e. The third-order valence-corrected chi connectivity index (χ3v) is 3.96. The number of para-hydroxylation sites is 1. The molecule has 2 N–H and O–H groups in total. The first-order valence-corrected chi connectivity index (χ1v) is 9.37. The Morgan fingerprint density at radius 3 is 2.69 bits per heavy atom. The fourth-order valence-corrected chi connectivity index (χ4v) is 2.51. The molecule has 142 valence electrons. The normalized spacial score (nSPS) is 12.7. The van der Waals surface area contributed by atoms with Crippen LogP contribution in [0.4, 0.5) is 0 Å². The highest BCUT2D eigenvalue weighted by atomic mass is 16.5. The SMILES string of the molecule is CCNC(=NCC(CC)Oc1ccccc1)NCCn1cnnc1CC. The molecule has 0 aliphatic carbocycles. The Kier molecular flexibility index (Phi) is 8.45. The summed E-state index contributed by atoms with van der Waals surface area (Å²) in [5, 5.41) is 14.7. The largest absolute Gasteiger partial charge is 0.489 e. The molecule has 1 heterocycles. The van der Waals surface area contributed by atoms with Gasteiger partial charge in [0.05, 0.1) is 6.54 Å². The molecule has 0 aliphatic heterocycles. The molecule has 1 aromatic heterocycles. The quantitative estimate of drug-likeness (QED) is 0.503. The van der Waals surface area contributed by atoms with Crippen LogP contribution in [0, 0.1) is 0 Å². The van der Waals surface area contributed by atoms with Crippen molar-refractivity contribution in [3.63, 3.8) is 0 Å². The van der Waals surface area contributed by atoms with E-state index in [2.05, 4.69) is 51.2 Å². The Labute approximate surface area is 155 Å². The molecular weight excluding hydrogens is 328 g/mol. The van der Waals surface area contributed by atoms with Crippen LogP contribution in [0.3, 0.4) is 0 Å². The fourth-order valence-electron chi connectivity index (χ4n) is 2.51. The Morgan fingerprint density at radius 2 is 2.00 bits per heavy atom. The van der Waals surface area contributed by atoms with E-state index in [1.807, 2.05) is 30.3 Å². The number of guanidine groups is 1. The summed E-state index contributed by atoms with van der Waals surface area (Å²) in [7, 11) is 0. The molecule has 1 unspecified atom stereocenters. The summed E-state index contributed by atoms with van der Waals surface area (Å²) in [5.41, 5.74) is 0. The summed E-state index contributed by atoms with van der Waals surface area (Å²) in [6, 6.07) is 9.89. The highest BCUT2D eigenvalue weighted by Crippen LogP contribution is 2.12. The molecule has 1 aromatic carbocycles. The minimum Gasteiger partial charge on any atom is -0.489 e. The van der Waals surface area contributed by atoms with Gasteiger partial charge in [0.2, 0.25) is 0 Å². The Bertz CT molecular complexity index is 655. The topological polar surface area (TPSA) is 76.4 Å². The van der Waals surface area contributed by atoms with E-state index >= 15 is 0 Å². The molecule has 1 atom stereocenters. The highest BCUT2D eigenvalue weighted by Gasteiger charge is 2.08. The van der Waals surface area contributed by atoms with E-state index in [9.17, 15) is 0 Å². The summed E-state index contributed by atoms with van der Waals surface area (Å²) in [6.07, 6.45) is 3.60. The third-order valence-electron chi connectivity index (χ3n) is 3.96. The van der Waals surface area contributed by atoms with Crippen LogP contribution in [0.5, 0.6) is 5.75 Å². The standard InChI is InChI=1S/C19H30N6O/c1-4-16(26-17-10-8-7-9-11-17)14-22-19(20-6-3)21-12-13-25-15-23-24-18(25)5-2/h7-11,15-16H,4-6,12-14H2,1-3H3,(H2,20,21,22). The minimum absolute atomic E-state index is 0.0531. The first-order chi connectivity index (χ1) is 12.8. The van der Waals surface area contributed by atoms with Crippen LogP contribution in [0.2, 0.25) is 0 Å². The average molecular weight is 358 g/mol. The van der Waals surface area contributed by atoms with Crippen LogP contribution in [-0.4, -0.2) is 46.5 Å². The first kappa shape index (κ1) is 19.8. The maximum atomic E-state index is 6.00. The predicted molar refractivity (Wildman–Crippen MR) is 105 cm³/mol. The zero-order chi connectivity index (χ0) is 18.6. The molecule has 7 nitrogen and oxygen atoms in total. The molecule has 0 bridgehead atoms. The number of ether oxygens (including phenoxy) is 1. The lowest BCUT2D eigenvalue weighted by molar-refractivity contribution is 0.205. The average Bonchev–Trinajstić information content (AvgIpc) is 3.13. The second-order valence-corrected chi connectivity index (χ2v) is 5.90. The molecule has 0 spiro atoms. The number of hydrogen-bond acceptors (Lipinski definition) is 4. The van der Waals surface area contributed by atoms with Crippen molar-refractivity contribution >= 4 is 5.96 Å². The van der Waals surface area contributed by atoms with Gasteiger partial charge >= 0.3 is 0 Å². The number of nitrogens with zero attached hydrogens (tertiary/aromatic N) is 4. The van der Waals surface area contributed by atoms with Crippen molar-refractivity contribution in [2.24, 2.45) is 4.99 Å². The lowest BCUT2D eigenvalue weighted by Crippen LogP contribution is -2.39. The van der Waals surface area contributed by atoms with E-state index in [1.54, 1.807) is 6.33 Å². The van der Waals surface area contributed by atoms with Gasteiger partial charge in [-0.15, -0.1) is 10.2 Å². The summed E-state index contributed by atoms with van der Waals surface area (Å²) >= 11 is 0. The van der Waals surface area contributed by atoms with E-state index in [0.717, 1.165) is 50.0 Å². The molecule has 2 aromatic rings. The molecular formula is C19H30N6O. The van der Waals surface area contributed by atoms with Crippen LogP contribution >= 0.6 is 0 Å². The molecule has 0 aliphatic rings. The first-order valence-electron chi connectivity index (χ1n) is 9.37. The highest BCUT2D eigenvalue weighted by molar-refractivity contribution is 5.79. The van der Waals surface area contributed by atoms with Crippen molar-refractivity contribution < 1.29 is 4.74 Å². The van der Waals surface area contributed by atoms with Gasteiger partial charge in [-0.3, -0.25) is 0 Å². The number of aromatic nitrogens is 3. The number of aryl methyl sites for hydroxylation is 1. The molecule has 0 amide bonds. The zero-order valence-electron chi connectivity index (χ0n) is 16.0. The lowest BCUT2D eigenvalue weighted by Gasteiger charge is -2.17. The zero-order valence-corrected chi connectivity index (χ0v) is 16.0. The van der Waals surface area contributed by atoms with Gasteiger partial charge in [0.25, 0.3) is 0 Å². The summed E-state index contributed by atoms with van der Waals surface area (Å²) < 4.78 is 8.06. The molecule has 26 heavy (non-hydrogen) atoms. The van der Waals surface area contributed by atoms with Gasteiger partial charge in [-0.05, 0) is 25.5 Å². The Morgan fingerprint density at radius 1 is 1.19 bits per heavy atom. The number of nitrogens with one attached hydrogen (secondary N) is 2. The van der Waals surface area contributed by atoms with Crippen LogP contribution < -0.4 is 15.4 Å². The van der Waals surface area contributed by atoms with E-state index in [1.165, 1.54) is 0 Å². The Balaban J connectivity index is 1.86. The van der Waals surface area contributed by atoms with Crippen LogP contribution in [0.1, 0.15) is 33.0 Å². The van der Waals surface area contributed by atoms with Gasteiger partial charge in [0, 0.05) is 26.1 Å². The van der Waals surface area contributed by atoms with Gasteiger partial charge in [0.15, 0.2) is 5.96 Å². The summed E-state index contributed by atoms with van der Waals surface area (Å²) in [4.78, 5) is 4.67. The van der Waals surface area contributed by atoms with Crippen molar-refractivity contribution in [2.75, 3.05) is 19.6 Å². The molecule has 0 saturated carbocycles. The van der Waals surface area contributed by atoms with Crippen LogP contribution in [-0.2, 0) is 13.0 Å². The van der Waals surface area contributed by atoms with E-state index in [-0.39, 0.29) is 6.10 Å². The molecule has 2 rings (SSSR count). The maximum absolute atomic E-state index is 6.00. The molecule has 7 heteroatoms. The molecule has 0 saturated heterocycles. The summed E-state index contributed by atoms with van der Waals surface area (Å²) in [6.45, 7) is 9.23. The second-order valence-electron chi connectivity index (χ2n) is 5.90. The lowest BCUT2D eigenvalue weighted by atomic mass is 10.2. The van der Waals surface area contributed by atoms with Gasteiger partial charge < -0.3 is 19.9 Å². The van der Waals surface area contributed by atoms with Gasteiger partial charge in [-0.2, -0.15) is 0 Å². The van der Waals surface area contributed by atoms with Crippen molar-refractivity contribution in [3.05, 3.63) is 42.5 Å². The minimum atomic E-state index is 0.0531. The third kappa shape index (κ3) is 6.38. The van der Waals surface area contributed by atoms with Crippen molar-refractivity contribution in [1.29, 1.82) is 0 Å². The number of aliphatic imine (C=N–C) groups is 1. The van der Waals surface area contributed by atoms with Crippen LogP contribution in [0.25, 0.3) is 0 Å². The van der Waals surface area contributed by atoms with Gasteiger partial charge in [-0.25, -0.2) is 4.99 Å². The van der Waals surface area contributed by atoms with Crippen LogP contribution in [0.15, 0.2) is 41.7 Å². The van der Waals surface area contributed by atoms with Crippen molar-refractivity contribution in [1.82, 2.24) is 25.4 Å². The Hall–Kier alpha value is -2.57. The number of rotatable bonds is 10. The summed E-state index contributed by atoms with van der Waals surface area (Å²) in [5.74, 6) is 2.68. The van der Waals surface area contributed by atoms with E-state index in [0.29, 0.717) is 6.54 Å². The maximum Gasteiger partial charge on any atom is 0.191 e. The van der Waals surface area contributed by atoms with Crippen molar-refractivity contribution in [3.8, 4) is 5.75 Å². The van der Waals surface area contributed by atoms with E-state index in [4.69, 9.17) is 4.74 Å². The molecule has 0 radical (unpaired) electrons. The predicted octanol–water partition coefficient (Wildman–Crippen LogP) is 2.25. The fraction of sp³-hybridized carbons (Fsp3) is 0.526. The number of hydrogen-bond donors (Lipinski definition) is 2.